The molecule has 1 aromatic rings. The van der Waals surface area contributed by atoms with E-state index in [1.54, 1.807) is 20.8 Å². The van der Waals surface area contributed by atoms with Crippen LogP contribution >= 0.6 is 0 Å². The van der Waals surface area contributed by atoms with Crippen molar-refractivity contribution >= 4 is 5.97 Å². The first kappa shape index (κ1) is 16.9. The number of ether oxygens (including phenoxy) is 3. The maximum Gasteiger partial charge on any atom is 0.334 e. The average molecular weight is 300 g/mol. The Labute approximate surface area is 122 Å². The molecule has 1 aromatic carbocycles. The van der Waals surface area contributed by atoms with Gasteiger partial charge in [0.05, 0.1) is 18.8 Å². The smallest absolute Gasteiger partial charge is 0.334 e. The van der Waals surface area contributed by atoms with E-state index in [2.05, 4.69) is 4.74 Å². The van der Waals surface area contributed by atoms with Gasteiger partial charge >= 0.3 is 5.97 Å². The fourth-order valence-corrected chi connectivity index (χ4v) is 1.49. The van der Waals surface area contributed by atoms with Crippen LogP contribution in [0.1, 0.15) is 27.7 Å². The van der Waals surface area contributed by atoms with Gasteiger partial charge in [0.15, 0.2) is 11.6 Å². The fraction of sp³-hybridized carbons (Fsp3) is 0.400. The third-order valence-corrected chi connectivity index (χ3v) is 2.25. The van der Waals surface area contributed by atoms with Crippen molar-refractivity contribution in [3.8, 4) is 11.5 Å². The van der Waals surface area contributed by atoms with E-state index in [1.165, 1.54) is 13.0 Å². The molecule has 0 atom stereocenters. The van der Waals surface area contributed by atoms with Crippen molar-refractivity contribution in [1.82, 2.24) is 0 Å². The highest BCUT2D eigenvalue weighted by atomic mass is 19.1. The highest BCUT2D eigenvalue weighted by Gasteiger charge is 2.18. The third-order valence-electron chi connectivity index (χ3n) is 2.25. The van der Waals surface area contributed by atoms with Gasteiger partial charge in [0.2, 0.25) is 11.6 Å². The lowest BCUT2D eigenvalue weighted by molar-refractivity contribution is -0.137. The molecular formula is C15H18F2O4. The lowest BCUT2D eigenvalue weighted by Gasteiger charge is -2.14. The lowest BCUT2D eigenvalue weighted by atomic mass is 10.3. The van der Waals surface area contributed by atoms with Gasteiger partial charge in [-0.2, -0.15) is 4.39 Å². The van der Waals surface area contributed by atoms with Gasteiger partial charge in [-0.25, -0.2) is 9.18 Å². The number of rotatable bonds is 6. The van der Waals surface area contributed by atoms with E-state index in [4.69, 9.17) is 9.47 Å². The molecule has 0 aromatic heterocycles. The molecule has 0 aliphatic heterocycles. The normalized spacial score (nSPS) is 11.5. The van der Waals surface area contributed by atoms with E-state index in [1.807, 2.05) is 0 Å². The van der Waals surface area contributed by atoms with Crippen LogP contribution in [0.2, 0.25) is 0 Å². The van der Waals surface area contributed by atoms with E-state index >= 15 is 0 Å². The summed E-state index contributed by atoms with van der Waals surface area (Å²) < 4.78 is 42.7. The molecule has 0 fully saturated rings. The molecule has 0 N–H and O–H groups in total. The Morgan fingerprint density at radius 2 is 2.00 bits per heavy atom. The highest BCUT2D eigenvalue weighted by molar-refractivity contribution is 5.82. The summed E-state index contributed by atoms with van der Waals surface area (Å²) in [6, 6.07) is 2.22. The van der Waals surface area contributed by atoms with Crippen LogP contribution in [0.4, 0.5) is 8.78 Å². The number of carbonyl (C=O) groups excluding carboxylic acids is 1. The minimum Gasteiger partial charge on any atom is -0.488 e. The molecule has 0 bridgehead atoms. The maximum absolute atomic E-state index is 14.1. The first-order valence-electron chi connectivity index (χ1n) is 6.52. The molecule has 116 valence electrons. The molecular weight excluding hydrogens is 282 g/mol. The molecule has 0 saturated carbocycles. The van der Waals surface area contributed by atoms with Gasteiger partial charge < -0.3 is 14.2 Å². The van der Waals surface area contributed by atoms with Gasteiger partial charge in [0.25, 0.3) is 0 Å². The standard InChI is InChI=1S/C15H18F2O4/c1-5-19-13(18)8-10(4)21-15-11(16)6-7-12(14(15)17)20-9(2)3/h6-9H,5H2,1-4H3/b10-8-. The zero-order valence-corrected chi connectivity index (χ0v) is 12.4. The van der Waals surface area contributed by atoms with Crippen molar-refractivity contribution in [1.29, 1.82) is 0 Å². The van der Waals surface area contributed by atoms with E-state index in [0.29, 0.717) is 0 Å². The number of carbonyl (C=O) groups is 1. The van der Waals surface area contributed by atoms with Crippen LogP contribution in [0.25, 0.3) is 0 Å². The minimum absolute atomic E-state index is 0.00736. The van der Waals surface area contributed by atoms with E-state index < -0.39 is 23.4 Å². The number of hydrogen-bond acceptors (Lipinski definition) is 4. The highest BCUT2D eigenvalue weighted by Crippen LogP contribution is 2.31. The minimum atomic E-state index is -0.958. The average Bonchev–Trinajstić information content (AvgIpc) is 2.37. The molecule has 0 amide bonds. The Morgan fingerprint density at radius 1 is 1.33 bits per heavy atom. The van der Waals surface area contributed by atoms with Gasteiger partial charge in [-0.05, 0) is 39.8 Å². The van der Waals surface area contributed by atoms with Gasteiger partial charge in [-0.3, -0.25) is 0 Å². The zero-order valence-electron chi connectivity index (χ0n) is 12.4. The van der Waals surface area contributed by atoms with Crippen LogP contribution in [-0.4, -0.2) is 18.7 Å². The van der Waals surface area contributed by atoms with Gasteiger partial charge in [-0.15, -0.1) is 0 Å². The summed E-state index contributed by atoms with van der Waals surface area (Å²) in [5.74, 6) is -3.23. The molecule has 0 spiro atoms. The number of allylic oxidation sites excluding steroid dienone is 1. The number of benzene rings is 1. The van der Waals surface area contributed by atoms with E-state index in [9.17, 15) is 13.6 Å². The quantitative estimate of drug-likeness (QED) is 0.457. The largest absolute Gasteiger partial charge is 0.488 e. The molecule has 6 heteroatoms. The Hall–Kier alpha value is -2.11. The molecule has 0 aliphatic carbocycles. The van der Waals surface area contributed by atoms with Crippen molar-refractivity contribution in [2.75, 3.05) is 6.61 Å². The van der Waals surface area contributed by atoms with E-state index in [0.717, 1.165) is 12.1 Å². The third kappa shape index (κ3) is 5.06. The Bertz CT molecular complexity index is 539. The van der Waals surface area contributed by atoms with E-state index in [-0.39, 0.29) is 24.2 Å². The fourth-order valence-electron chi connectivity index (χ4n) is 1.49. The first-order chi connectivity index (χ1) is 9.85. The predicted molar refractivity (Wildman–Crippen MR) is 73.1 cm³/mol. The second-order valence-electron chi connectivity index (χ2n) is 4.46. The van der Waals surface area contributed by atoms with Crippen molar-refractivity contribution in [2.45, 2.75) is 33.8 Å². The van der Waals surface area contributed by atoms with Gasteiger partial charge in [0, 0.05) is 0 Å². The topological polar surface area (TPSA) is 44.8 Å². The monoisotopic (exact) mass is 300 g/mol. The Morgan fingerprint density at radius 3 is 2.57 bits per heavy atom. The van der Waals surface area contributed by atoms with Gasteiger partial charge in [-0.1, -0.05) is 0 Å². The lowest BCUT2D eigenvalue weighted by Crippen LogP contribution is -2.09. The number of hydrogen-bond donors (Lipinski definition) is 0. The Kier molecular flexibility index (Phi) is 6.14. The van der Waals surface area contributed by atoms with Crippen LogP contribution in [0.15, 0.2) is 24.0 Å². The molecule has 0 radical (unpaired) electrons. The SMILES string of the molecule is CCOC(=O)/C=C(/C)Oc1c(F)ccc(OC(C)C)c1F. The maximum atomic E-state index is 14.1. The number of halogens is 2. The summed E-state index contributed by atoms with van der Waals surface area (Å²) in [6.07, 6.45) is 0.743. The molecule has 4 nitrogen and oxygen atoms in total. The summed E-state index contributed by atoms with van der Waals surface area (Å²) in [6.45, 7) is 6.67. The molecule has 0 unspecified atom stereocenters. The predicted octanol–water partition coefficient (Wildman–Crippen LogP) is 3.60. The van der Waals surface area contributed by atoms with Crippen LogP contribution in [0, 0.1) is 11.6 Å². The molecule has 0 saturated heterocycles. The summed E-state index contributed by atoms with van der Waals surface area (Å²) in [5.41, 5.74) is 0. The summed E-state index contributed by atoms with van der Waals surface area (Å²) >= 11 is 0. The molecule has 21 heavy (non-hydrogen) atoms. The molecule has 0 aliphatic rings. The second kappa shape index (κ2) is 7.61. The molecule has 0 heterocycles. The zero-order chi connectivity index (χ0) is 16.0. The second-order valence-corrected chi connectivity index (χ2v) is 4.46. The Balaban J connectivity index is 2.99. The summed E-state index contributed by atoms with van der Waals surface area (Å²) in [4.78, 5) is 11.2. The van der Waals surface area contributed by atoms with Crippen molar-refractivity contribution in [3.63, 3.8) is 0 Å². The molecule has 1 rings (SSSR count). The van der Waals surface area contributed by atoms with Crippen molar-refractivity contribution < 1.29 is 27.8 Å². The van der Waals surface area contributed by atoms with Crippen molar-refractivity contribution in [3.05, 3.63) is 35.6 Å². The van der Waals surface area contributed by atoms with Crippen LogP contribution in [0.5, 0.6) is 11.5 Å². The van der Waals surface area contributed by atoms with Crippen LogP contribution < -0.4 is 9.47 Å². The summed E-state index contributed by atoms with van der Waals surface area (Å²) in [7, 11) is 0. The summed E-state index contributed by atoms with van der Waals surface area (Å²) in [5, 5.41) is 0. The van der Waals surface area contributed by atoms with Crippen LogP contribution in [0.3, 0.4) is 0 Å². The van der Waals surface area contributed by atoms with Crippen LogP contribution in [-0.2, 0) is 9.53 Å². The van der Waals surface area contributed by atoms with Crippen molar-refractivity contribution in [2.24, 2.45) is 0 Å². The first-order valence-corrected chi connectivity index (χ1v) is 6.52. The number of esters is 1. The van der Waals surface area contributed by atoms with Gasteiger partial charge in [0.1, 0.15) is 5.76 Å².